The van der Waals surface area contributed by atoms with E-state index in [0.717, 1.165) is 18.7 Å². The lowest BCUT2D eigenvalue weighted by atomic mass is 9.98. The van der Waals surface area contributed by atoms with Crippen molar-refractivity contribution >= 4 is 5.91 Å². The van der Waals surface area contributed by atoms with Gasteiger partial charge in [0.05, 0.1) is 18.6 Å². The second-order valence-corrected chi connectivity index (χ2v) is 5.62. The number of nitrogens with zero attached hydrogens (tertiary/aromatic N) is 3. The Morgan fingerprint density at radius 3 is 3.10 bits per heavy atom. The van der Waals surface area contributed by atoms with Crippen molar-refractivity contribution < 1.29 is 4.79 Å². The molecule has 5 nitrogen and oxygen atoms in total. The van der Waals surface area contributed by atoms with Gasteiger partial charge in [0.15, 0.2) is 0 Å². The molecular weight excluding hydrogens is 252 g/mol. The Bertz CT molecular complexity index is 429. The number of carbonyl (C=O) groups excluding carboxylic acids is 1. The van der Waals surface area contributed by atoms with E-state index in [1.54, 1.807) is 6.33 Å². The van der Waals surface area contributed by atoms with Crippen molar-refractivity contribution in [2.75, 3.05) is 13.6 Å². The minimum absolute atomic E-state index is 0.146. The monoisotopic (exact) mass is 278 g/mol. The van der Waals surface area contributed by atoms with Gasteiger partial charge in [-0.15, -0.1) is 0 Å². The van der Waals surface area contributed by atoms with Crippen LogP contribution in [0.25, 0.3) is 0 Å². The quantitative estimate of drug-likeness (QED) is 0.863. The van der Waals surface area contributed by atoms with Crippen LogP contribution in [0.5, 0.6) is 0 Å². The van der Waals surface area contributed by atoms with Gasteiger partial charge in [0.25, 0.3) is 0 Å². The number of carbonyl (C=O) groups is 1. The van der Waals surface area contributed by atoms with Crippen LogP contribution in [-0.4, -0.2) is 40.0 Å². The molecule has 0 saturated carbocycles. The fraction of sp³-hybridized carbons (Fsp3) is 0.733. The van der Waals surface area contributed by atoms with Gasteiger partial charge in [0.1, 0.15) is 0 Å². The van der Waals surface area contributed by atoms with Crippen LogP contribution in [-0.2, 0) is 17.9 Å². The van der Waals surface area contributed by atoms with Gasteiger partial charge in [0.2, 0.25) is 5.91 Å². The van der Waals surface area contributed by atoms with Crippen LogP contribution in [0, 0.1) is 0 Å². The third kappa shape index (κ3) is 4.07. The lowest BCUT2D eigenvalue weighted by Gasteiger charge is -2.32. The molecule has 1 atom stereocenters. The third-order valence-corrected chi connectivity index (χ3v) is 4.23. The van der Waals surface area contributed by atoms with Crippen molar-refractivity contribution in [2.45, 2.75) is 58.2 Å². The molecule has 1 unspecified atom stereocenters. The summed E-state index contributed by atoms with van der Waals surface area (Å²) in [5.41, 5.74) is 1.07. The van der Waals surface area contributed by atoms with Crippen LogP contribution < -0.4 is 5.32 Å². The highest BCUT2D eigenvalue weighted by atomic mass is 16.1. The van der Waals surface area contributed by atoms with Crippen LogP contribution in [0.3, 0.4) is 0 Å². The number of hydrogen-bond donors (Lipinski definition) is 1. The highest BCUT2D eigenvalue weighted by Gasteiger charge is 2.19. The molecule has 0 aliphatic carbocycles. The van der Waals surface area contributed by atoms with Crippen LogP contribution in [0.1, 0.15) is 44.7 Å². The summed E-state index contributed by atoms with van der Waals surface area (Å²) in [6.45, 7) is 4.71. The molecule has 2 heterocycles. The maximum absolute atomic E-state index is 11.9. The molecule has 1 amide bonds. The number of likely N-dealkylation sites (tertiary alicyclic amines) is 1. The molecule has 1 aliphatic rings. The fourth-order valence-electron chi connectivity index (χ4n) is 2.86. The Balaban J connectivity index is 1.70. The Labute approximate surface area is 121 Å². The molecule has 0 spiro atoms. The van der Waals surface area contributed by atoms with Gasteiger partial charge < -0.3 is 14.8 Å². The minimum atomic E-state index is 0.146. The van der Waals surface area contributed by atoms with E-state index >= 15 is 0 Å². The molecule has 1 aromatic rings. The van der Waals surface area contributed by atoms with Crippen molar-refractivity contribution in [3.63, 3.8) is 0 Å². The van der Waals surface area contributed by atoms with Gasteiger partial charge in [0, 0.05) is 25.2 Å². The summed E-state index contributed by atoms with van der Waals surface area (Å²) in [4.78, 5) is 18.4. The maximum atomic E-state index is 11.9. The fourth-order valence-corrected chi connectivity index (χ4v) is 2.86. The molecule has 0 bridgehead atoms. The van der Waals surface area contributed by atoms with Crippen molar-refractivity contribution in [1.82, 2.24) is 19.8 Å². The average molecular weight is 278 g/mol. The molecular formula is C15H26N4O. The minimum Gasteiger partial charge on any atom is -0.350 e. The summed E-state index contributed by atoms with van der Waals surface area (Å²) in [6, 6.07) is 0.579. The summed E-state index contributed by atoms with van der Waals surface area (Å²) in [7, 11) is 2.17. The van der Waals surface area contributed by atoms with E-state index in [2.05, 4.69) is 33.7 Å². The SMILES string of the molecule is CCn1cncc1CNC(=O)CCC1CCCCN1C. The van der Waals surface area contributed by atoms with Gasteiger partial charge in [-0.05, 0) is 39.8 Å². The average Bonchev–Trinajstić information content (AvgIpc) is 2.91. The van der Waals surface area contributed by atoms with Crippen molar-refractivity contribution in [3.05, 3.63) is 18.2 Å². The summed E-state index contributed by atoms with van der Waals surface area (Å²) >= 11 is 0. The van der Waals surface area contributed by atoms with Gasteiger partial charge in [-0.25, -0.2) is 4.98 Å². The Hall–Kier alpha value is -1.36. The largest absolute Gasteiger partial charge is 0.350 e. The van der Waals surface area contributed by atoms with E-state index in [0.29, 0.717) is 19.0 Å². The second kappa shape index (κ2) is 7.43. The number of amides is 1. The van der Waals surface area contributed by atoms with Gasteiger partial charge >= 0.3 is 0 Å². The molecule has 0 aromatic carbocycles. The normalized spacial score (nSPS) is 20.0. The number of hydrogen-bond acceptors (Lipinski definition) is 3. The molecule has 1 saturated heterocycles. The number of nitrogens with one attached hydrogen (secondary N) is 1. The molecule has 5 heteroatoms. The first-order valence-electron chi connectivity index (χ1n) is 7.66. The number of aromatic nitrogens is 2. The summed E-state index contributed by atoms with van der Waals surface area (Å²) < 4.78 is 2.05. The molecule has 112 valence electrons. The lowest BCUT2D eigenvalue weighted by Crippen LogP contribution is -2.37. The van der Waals surface area contributed by atoms with Gasteiger partial charge in [-0.1, -0.05) is 6.42 Å². The van der Waals surface area contributed by atoms with E-state index in [4.69, 9.17) is 0 Å². The highest BCUT2D eigenvalue weighted by Crippen LogP contribution is 2.18. The Morgan fingerprint density at radius 2 is 2.35 bits per heavy atom. The molecule has 1 fully saturated rings. The number of imidazole rings is 1. The van der Waals surface area contributed by atoms with E-state index in [1.165, 1.54) is 25.8 Å². The van der Waals surface area contributed by atoms with E-state index in [-0.39, 0.29) is 5.91 Å². The smallest absolute Gasteiger partial charge is 0.220 e. The van der Waals surface area contributed by atoms with Gasteiger partial charge in [-0.3, -0.25) is 4.79 Å². The first-order chi connectivity index (χ1) is 9.70. The lowest BCUT2D eigenvalue weighted by molar-refractivity contribution is -0.121. The zero-order chi connectivity index (χ0) is 14.4. The predicted octanol–water partition coefficient (Wildman–Crippen LogP) is 1.78. The summed E-state index contributed by atoms with van der Waals surface area (Å²) in [5.74, 6) is 0.146. The molecule has 20 heavy (non-hydrogen) atoms. The topological polar surface area (TPSA) is 50.2 Å². The molecule has 2 rings (SSSR count). The summed E-state index contributed by atoms with van der Waals surface area (Å²) in [5, 5.41) is 3.00. The van der Waals surface area contributed by atoms with Crippen LogP contribution in [0.4, 0.5) is 0 Å². The van der Waals surface area contributed by atoms with E-state index in [1.807, 2.05) is 6.20 Å². The van der Waals surface area contributed by atoms with Crippen molar-refractivity contribution in [3.8, 4) is 0 Å². The highest BCUT2D eigenvalue weighted by molar-refractivity contribution is 5.75. The molecule has 0 radical (unpaired) electrons. The third-order valence-electron chi connectivity index (χ3n) is 4.23. The first kappa shape index (κ1) is 15.0. The Morgan fingerprint density at radius 1 is 1.50 bits per heavy atom. The van der Waals surface area contributed by atoms with E-state index in [9.17, 15) is 4.79 Å². The molecule has 1 aliphatic heterocycles. The molecule has 1 N–H and O–H groups in total. The Kier molecular flexibility index (Phi) is 5.59. The number of aryl methyl sites for hydroxylation is 1. The van der Waals surface area contributed by atoms with Crippen molar-refractivity contribution in [2.24, 2.45) is 0 Å². The summed E-state index contributed by atoms with van der Waals surface area (Å²) in [6.07, 6.45) is 9.03. The van der Waals surface area contributed by atoms with Crippen molar-refractivity contribution in [1.29, 1.82) is 0 Å². The first-order valence-corrected chi connectivity index (χ1v) is 7.66. The van der Waals surface area contributed by atoms with Crippen LogP contribution >= 0.6 is 0 Å². The number of rotatable bonds is 6. The second-order valence-electron chi connectivity index (χ2n) is 5.62. The maximum Gasteiger partial charge on any atom is 0.220 e. The van der Waals surface area contributed by atoms with Crippen LogP contribution in [0.2, 0.25) is 0 Å². The zero-order valence-corrected chi connectivity index (χ0v) is 12.6. The predicted molar refractivity (Wildman–Crippen MR) is 79.3 cm³/mol. The zero-order valence-electron chi connectivity index (χ0n) is 12.6. The number of piperidine rings is 1. The van der Waals surface area contributed by atoms with Gasteiger partial charge in [-0.2, -0.15) is 0 Å². The molecule has 1 aromatic heterocycles. The van der Waals surface area contributed by atoms with Crippen LogP contribution in [0.15, 0.2) is 12.5 Å². The van der Waals surface area contributed by atoms with E-state index < -0.39 is 0 Å². The standard InChI is InChI=1S/C15H26N4O/c1-3-19-12-16-10-14(19)11-17-15(20)8-7-13-6-4-5-9-18(13)2/h10,12-13H,3-9,11H2,1-2H3,(H,17,20).